The molecular weight excluding hydrogens is 222 g/mol. The number of Topliss-reactive ketones (excluding diaryl/α,β-unsaturated/α-hetero) is 1. The van der Waals surface area contributed by atoms with E-state index in [4.69, 9.17) is 0 Å². The lowest BCUT2D eigenvalue weighted by Gasteiger charge is -2.20. The summed E-state index contributed by atoms with van der Waals surface area (Å²) in [5.41, 5.74) is -0.265. The molecule has 0 atom stereocenters. The fourth-order valence-electron chi connectivity index (χ4n) is 1.53. The fourth-order valence-corrected chi connectivity index (χ4v) is 1.53. The molecule has 0 amide bonds. The van der Waals surface area contributed by atoms with E-state index in [0.29, 0.717) is 5.56 Å². The molecule has 0 saturated carbocycles. The number of benzene rings is 1. The van der Waals surface area contributed by atoms with E-state index in [-0.39, 0.29) is 17.1 Å². The second kappa shape index (κ2) is 4.16. The molecule has 5 nitrogen and oxygen atoms in total. The van der Waals surface area contributed by atoms with Crippen molar-refractivity contribution in [2.45, 2.75) is 33.1 Å². The zero-order valence-corrected chi connectivity index (χ0v) is 10.3. The van der Waals surface area contributed by atoms with Gasteiger partial charge in [-0.25, -0.2) is 0 Å². The van der Waals surface area contributed by atoms with Crippen LogP contribution in [0.2, 0.25) is 0 Å². The summed E-state index contributed by atoms with van der Waals surface area (Å²) in [6.07, 6.45) is 0. The van der Waals surface area contributed by atoms with Gasteiger partial charge in [-0.3, -0.25) is 14.9 Å². The van der Waals surface area contributed by atoms with Gasteiger partial charge in [0.25, 0.3) is 0 Å². The molecule has 0 fully saturated rings. The molecule has 92 valence electrons. The lowest BCUT2D eigenvalue weighted by Crippen LogP contribution is -2.13. The van der Waals surface area contributed by atoms with E-state index in [0.717, 1.165) is 6.07 Å². The molecule has 0 aromatic heterocycles. The molecule has 0 spiro atoms. The van der Waals surface area contributed by atoms with E-state index in [1.165, 1.54) is 13.0 Å². The van der Waals surface area contributed by atoms with Gasteiger partial charge in [0.2, 0.25) is 0 Å². The van der Waals surface area contributed by atoms with Gasteiger partial charge in [0.15, 0.2) is 11.5 Å². The number of phenols is 1. The van der Waals surface area contributed by atoms with E-state index in [1.54, 1.807) is 0 Å². The maximum Gasteiger partial charge on any atom is 0.311 e. The molecule has 1 N–H and O–H groups in total. The van der Waals surface area contributed by atoms with E-state index >= 15 is 0 Å². The first kappa shape index (κ1) is 13.2. The second-order valence-corrected chi connectivity index (χ2v) is 4.95. The molecule has 0 bridgehead atoms. The Morgan fingerprint density at radius 2 is 1.88 bits per heavy atom. The molecule has 0 heterocycles. The smallest absolute Gasteiger partial charge is 0.311 e. The lowest BCUT2D eigenvalue weighted by atomic mass is 9.84. The maximum atomic E-state index is 11.3. The monoisotopic (exact) mass is 237 g/mol. The van der Waals surface area contributed by atoms with Gasteiger partial charge in [-0.05, 0) is 18.4 Å². The van der Waals surface area contributed by atoms with E-state index < -0.39 is 16.0 Å². The van der Waals surface area contributed by atoms with Crippen molar-refractivity contribution in [3.8, 4) is 5.75 Å². The molecule has 1 aromatic carbocycles. The van der Waals surface area contributed by atoms with Crippen LogP contribution in [-0.4, -0.2) is 15.8 Å². The summed E-state index contributed by atoms with van der Waals surface area (Å²) in [6.45, 7) is 6.78. The van der Waals surface area contributed by atoms with Crippen molar-refractivity contribution < 1.29 is 14.8 Å². The Labute approximate surface area is 99.2 Å². The lowest BCUT2D eigenvalue weighted by molar-refractivity contribution is -0.386. The van der Waals surface area contributed by atoms with E-state index in [1.807, 2.05) is 20.8 Å². The zero-order valence-electron chi connectivity index (χ0n) is 10.3. The Morgan fingerprint density at radius 3 is 2.24 bits per heavy atom. The third-order valence-corrected chi connectivity index (χ3v) is 2.50. The van der Waals surface area contributed by atoms with Crippen molar-refractivity contribution in [1.29, 1.82) is 0 Å². The second-order valence-electron chi connectivity index (χ2n) is 4.95. The molecule has 1 aromatic rings. The number of phenolic OH excluding ortho intramolecular Hbond substituents is 1. The van der Waals surface area contributed by atoms with Crippen LogP contribution in [0.4, 0.5) is 5.69 Å². The first-order valence-electron chi connectivity index (χ1n) is 5.17. The van der Waals surface area contributed by atoms with Crippen LogP contribution in [0.5, 0.6) is 5.75 Å². The van der Waals surface area contributed by atoms with Crippen molar-refractivity contribution in [3.05, 3.63) is 33.4 Å². The maximum absolute atomic E-state index is 11.3. The van der Waals surface area contributed by atoms with Crippen LogP contribution in [0.1, 0.15) is 43.6 Å². The molecule has 0 radical (unpaired) electrons. The number of rotatable bonds is 2. The number of carbonyl (C=O) groups is 1. The number of nitro benzene ring substituents is 1. The van der Waals surface area contributed by atoms with Crippen molar-refractivity contribution >= 4 is 11.5 Å². The number of aromatic hydroxyl groups is 1. The topological polar surface area (TPSA) is 80.4 Å². The number of ketones is 1. The molecular formula is C12H15NO4. The number of hydrogen-bond acceptors (Lipinski definition) is 4. The molecule has 0 aliphatic heterocycles. The summed E-state index contributed by atoms with van der Waals surface area (Å²) in [7, 11) is 0. The number of nitrogens with zero attached hydrogens (tertiary/aromatic N) is 1. The first-order chi connectivity index (χ1) is 7.64. The molecule has 0 unspecified atom stereocenters. The van der Waals surface area contributed by atoms with Gasteiger partial charge in [0, 0.05) is 17.2 Å². The fraction of sp³-hybridized carbons (Fsp3) is 0.417. The predicted octanol–water partition coefficient (Wildman–Crippen LogP) is 2.80. The Hall–Kier alpha value is -1.91. The van der Waals surface area contributed by atoms with Crippen LogP contribution in [0.15, 0.2) is 12.1 Å². The van der Waals surface area contributed by atoms with Gasteiger partial charge in [-0.15, -0.1) is 0 Å². The highest BCUT2D eigenvalue weighted by Gasteiger charge is 2.27. The van der Waals surface area contributed by atoms with Crippen molar-refractivity contribution in [3.63, 3.8) is 0 Å². The predicted molar refractivity (Wildman–Crippen MR) is 63.5 cm³/mol. The average molecular weight is 237 g/mol. The van der Waals surface area contributed by atoms with Crippen molar-refractivity contribution in [2.24, 2.45) is 0 Å². The normalized spacial score (nSPS) is 11.3. The van der Waals surface area contributed by atoms with Crippen molar-refractivity contribution in [1.82, 2.24) is 0 Å². The summed E-state index contributed by atoms with van der Waals surface area (Å²) >= 11 is 0. The molecule has 0 saturated heterocycles. The van der Waals surface area contributed by atoms with Crippen LogP contribution in [-0.2, 0) is 5.41 Å². The van der Waals surface area contributed by atoms with Crippen molar-refractivity contribution in [2.75, 3.05) is 0 Å². The minimum atomic E-state index is -0.684. The van der Waals surface area contributed by atoms with Gasteiger partial charge in [-0.2, -0.15) is 0 Å². The first-order valence-corrected chi connectivity index (χ1v) is 5.17. The Balaban J connectivity index is 3.60. The molecule has 5 heteroatoms. The highest BCUT2D eigenvalue weighted by Crippen LogP contribution is 2.38. The number of carbonyl (C=O) groups excluding carboxylic acids is 1. The summed E-state index contributed by atoms with van der Waals surface area (Å²) in [6, 6.07) is 2.61. The molecule has 0 aliphatic carbocycles. The summed E-state index contributed by atoms with van der Waals surface area (Å²) in [5, 5.41) is 20.7. The zero-order chi connectivity index (χ0) is 13.4. The Kier molecular flexibility index (Phi) is 3.22. The third kappa shape index (κ3) is 2.61. The van der Waals surface area contributed by atoms with Crippen LogP contribution < -0.4 is 0 Å². The Morgan fingerprint density at radius 1 is 1.35 bits per heavy atom. The number of nitro groups is 1. The standard InChI is InChI=1S/C12H15NO4/c1-7(14)8-5-9(12(2,3)4)11(15)10(6-8)13(16)17/h5-6,15H,1-4H3. The molecule has 1 rings (SSSR count). The Bertz CT molecular complexity index is 486. The summed E-state index contributed by atoms with van der Waals surface area (Å²) in [5.74, 6) is -0.633. The highest BCUT2D eigenvalue weighted by molar-refractivity contribution is 5.95. The van der Waals surface area contributed by atoms with Crippen LogP contribution in [0, 0.1) is 10.1 Å². The highest BCUT2D eigenvalue weighted by atomic mass is 16.6. The minimum Gasteiger partial charge on any atom is -0.502 e. The van der Waals surface area contributed by atoms with Crippen LogP contribution >= 0.6 is 0 Å². The van der Waals surface area contributed by atoms with Gasteiger partial charge < -0.3 is 5.11 Å². The van der Waals surface area contributed by atoms with Crippen LogP contribution in [0.25, 0.3) is 0 Å². The summed E-state index contributed by atoms with van der Waals surface area (Å²) < 4.78 is 0. The average Bonchev–Trinajstić information content (AvgIpc) is 2.15. The van der Waals surface area contributed by atoms with Crippen LogP contribution in [0.3, 0.4) is 0 Å². The SMILES string of the molecule is CC(=O)c1cc([N+](=O)[O-])c(O)c(C(C)(C)C)c1. The molecule has 17 heavy (non-hydrogen) atoms. The van der Waals surface area contributed by atoms with Gasteiger partial charge in [0.05, 0.1) is 4.92 Å². The largest absolute Gasteiger partial charge is 0.502 e. The van der Waals surface area contributed by atoms with E-state index in [2.05, 4.69) is 0 Å². The van der Waals surface area contributed by atoms with Gasteiger partial charge >= 0.3 is 5.69 Å². The minimum absolute atomic E-state index is 0.236. The number of hydrogen-bond donors (Lipinski definition) is 1. The third-order valence-electron chi connectivity index (χ3n) is 2.50. The van der Waals surface area contributed by atoms with Gasteiger partial charge in [-0.1, -0.05) is 20.8 Å². The quantitative estimate of drug-likeness (QED) is 0.487. The van der Waals surface area contributed by atoms with Gasteiger partial charge in [0.1, 0.15) is 0 Å². The summed E-state index contributed by atoms with van der Waals surface area (Å²) in [4.78, 5) is 21.4. The van der Waals surface area contributed by atoms with E-state index in [9.17, 15) is 20.0 Å². The molecule has 0 aliphatic rings.